The molecular formula is C48H31NO. The molecular weight excluding hydrogens is 607 g/mol. The lowest BCUT2D eigenvalue weighted by Crippen LogP contribution is -2.11. The van der Waals surface area contributed by atoms with Crippen molar-refractivity contribution in [2.24, 2.45) is 0 Å². The lowest BCUT2D eigenvalue weighted by atomic mass is 9.92. The second-order valence-corrected chi connectivity index (χ2v) is 12.9. The van der Waals surface area contributed by atoms with Crippen molar-refractivity contribution < 1.29 is 4.42 Å². The van der Waals surface area contributed by atoms with Crippen molar-refractivity contribution in [2.45, 2.75) is 0 Å². The van der Waals surface area contributed by atoms with E-state index in [0.29, 0.717) is 0 Å². The van der Waals surface area contributed by atoms with Gasteiger partial charge in [0, 0.05) is 32.6 Å². The van der Waals surface area contributed by atoms with Crippen LogP contribution in [-0.2, 0) is 0 Å². The highest BCUT2D eigenvalue weighted by Crippen LogP contribution is 2.46. The Labute approximate surface area is 290 Å². The average Bonchev–Trinajstić information content (AvgIpc) is 3.58. The number of rotatable bonds is 5. The Hall–Kier alpha value is -6.64. The van der Waals surface area contributed by atoms with Crippen LogP contribution < -0.4 is 4.90 Å². The molecule has 9 aromatic carbocycles. The van der Waals surface area contributed by atoms with Crippen molar-refractivity contribution in [1.29, 1.82) is 0 Å². The summed E-state index contributed by atoms with van der Waals surface area (Å²) in [6.07, 6.45) is 0. The van der Waals surface area contributed by atoms with Crippen LogP contribution in [0.2, 0.25) is 0 Å². The fourth-order valence-corrected chi connectivity index (χ4v) is 7.73. The molecule has 0 radical (unpaired) electrons. The molecule has 2 nitrogen and oxygen atoms in total. The summed E-state index contributed by atoms with van der Waals surface area (Å²) in [6, 6.07) is 67.5. The molecule has 0 fully saturated rings. The summed E-state index contributed by atoms with van der Waals surface area (Å²) in [5.74, 6) is 0. The van der Waals surface area contributed by atoms with E-state index in [-0.39, 0.29) is 0 Å². The molecule has 0 bridgehead atoms. The van der Waals surface area contributed by atoms with E-state index in [1.54, 1.807) is 0 Å². The van der Waals surface area contributed by atoms with Crippen LogP contribution >= 0.6 is 0 Å². The summed E-state index contributed by atoms with van der Waals surface area (Å²) >= 11 is 0. The van der Waals surface area contributed by atoms with E-state index >= 15 is 0 Å². The molecule has 2 heteroatoms. The first kappa shape index (κ1) is 28.4. The fraction of sp³-hybridized carbons (Fsp3) is 0. The molecule has 234 valence electrons. The van der Waals surface area contributed by atoms with E-state index in [1.807, 2.05) is 6.07 Å². The SMILES string of the molecule is c1ccc(-c2ccc(N(c3ccc(-c4cccc5ccccc45)c4ccccc34)c3cccc4c3ccc3c5ccccc5oc43)cc2)cc1. The Morgan fingerprint density at radius 2 is 0.880 bits per heavy atom. The van der Waals surface area contributed by atoms with Crippen LogP contribution in [-0.4, -0.2) is 0 Å². The van der Waals surface area contributed by atoms with Gasteiger partial charge in [-0.15, -0.1) is 0 Å². The highest BCUT2D eigenvalue weighted by atomic mass is 16.3. The quantitative estimate of drug-likeness (QED) is 0.187. The minimum absolute atomic E-state index is 0.906. The zero-order chi connectivity index (χ0) is 33.0. The predicted octanol–water partition coefficient (Wildman–Crippen LogP) is 13.8. The average molecular weight is 638 g/mol. The molecule has 0 aliphatic carbocycles. The second-order valence-electron chi connectivity index (χ2n) is 12.9. The number of furan rings is 1. The van der Waals surface area contributed by atoms with Gasteiger partial charge in [-0.25, -0.2) is 0 Å². The van der Waals surface area contributed by atoms with Crippen molar-refractivity contribution in [3.05, 3.63) is 188 Å². The molecule has 0 aliphatic heterocycles. The zero-order valence-corrected chi connectivity index (χ0v) is 27.3. The van der Waals surface area contributed by atoms with E-state index < -0.39 is 0 Å². The van der Waals surface area contributed by atoms with Crippen LogP contribution in [0.15, 0.2) is 192 Å². The van der Waals surface area contributed by atoms with Gasteiger partial charge in [0.25, 0.3) is 0 Å². The topological polar surface area (TPSA) is 16.4 Å². The lowest BCUT2D eigenvalue weighted by molar-refractivity contribution is 0.672. The van der Waals surface area contributed by atoms with Crippen LogP contribution in [0.5, 0.6) is 0 Å². The van der Waals surface area contributed by atoms with E-state index in [0.717, 1.165) is 49.8 Å². The number of para-hydroxylation sites is 1. The number of anilines is 3. The second kappa shape index (κ2) is 11.5. The van der Waals surface area contributed by atoms with Crippen LogP contribution in [0.1, 0.15) is 0 Å². The number of hydrogen-bond acceptors (Lipinski definition) is 2. The minimum Gasteiger partial charge on any atom is -0.455 e. The first-order valence-corrected chi connectivity index (χ1v) is 17.1. The van der Waals surface area contributed by atoms with Crippen molar-refractivity contribution in [3.63, 3.8) is 0 Å². The van der Waals surface area contributed by atoms with Crippen LogP contribution in [0.3, 0.4) is 0 Å². The molecule has 50 heavy (non-hydrogen) atoms. The number of hydrogen-bond donors (Lipinski definition) is 0. The Bertz CT molecular complexity index is 2860. The standard InChI is InChI=1S/C48H31NO/c1-2-12-32(13-3-1)33-24-26-35(27-25-33)49(45-22-11-21-43-41(45)28-29-44-42-19-8-9-23-47(42)50-48(43)44)46-31-30-39(38-17-6-7-18-40(38)46)37-20-10-15-34-14-4-5-16-36(34)37/h1-31H. The van der Waals surface area contributed by atoms with Crippen LogP contribution in [0.4, 0.5) is 17.1 Å². The Morgan fingerprint density at radius 3 is 1.74 bits per heavy atom. The monoisotopic (exact) mass is 637 g/mol. The molecule has 1 aromatic heterocycles. The summed E-state index contributed by atoms with van der Waals surface area (Å²) in [4.78, 5) is 2.42. The Kier molecular flexibility index (Phi) is 6.53. The van der Waals surface area contributed by atoms with Gasteiger partial charge in [0.05, 0.1) is 11.4 Å². The maximum atomic E-state index is 6.53. The fourth-order valence-electron chi connectivity index (χ4n) is 7.73. The summed E-state index contributed by atoms with van der Waals surface area (Å²) in [5.41, 5.74) is 9.98. The smallest absolute Gasteiger partial charge is 0.143 e. The molecule has 0 unspecified atom stereocenters. The van der Waals surface area contributed by atoms with Gasteiger partial charge in [-0.1, -0.05) is 152 Å². The van der Waals surface area contributed by atoms with Gasteiger partial charge in [0.1, 0.15) is 11.2 Å². The predicted molar refractivity (Wildman–Crippen MR) is 212 cm³/mol. The Balaban J connectivity index is 1.23. The molecule has 10 aromatic rings. The van der Waals surface area contributed by atoms with Crippen molar-refractivity contribution in [1.82, 2.24) is 0 Å². The van der Waals surface area contributed by atoms with Crippen molar-refractivity contribution in [2.75, 3.05) is 4.90 Å². The third-order valence-corrected chi connectivity index (χ3v) is 10.1. The third kappa shape index (κ3) is 4.50. The molecule has 10 rings (SSSR count). The lowest BCUT2D eigenvalue weighted by Gasteiger charge is -2.29. The first-order chi connectivity index (χ1) is 24.8. The molecule has 0 saturated carbocycles. The first-order valence-electron chi connectivity index (χ1n) is 17.1. The number of fused-ring (bicyclic) bond motifs is 7. The minimum atomic E-state index is 0.906. The number of nitrogens with zero attached hydrogens (tertiary/aromatic N) is 1. The van der Waals surface area contributed by atoms with Gasteiger partial charge in [0.15, 0.2) is 0 Å². The van der Waals surface area contributed by atoms with Crippen LogP contribution in [0.25, 0.3) is 76.5 Å². The highest BCUT2D eigenvalue weighted by molar-refractivity contribution is 6.18. The van der Waals surface area contributed by atoms with E-state index in [1.165, 1.54) is 43.8 Å². The normalized spacial score (nSPS) is 11.6. The Morgan fingerprint density at radius 1 is 0.320 bits per heavy atom. The largest absolute Gasteiger partial charge is 0.455 e. The van der Waals surface area contributed by atoms with Crippen molar-refractivity contribution in [3.8, 4) is 22.3 Å². The molecule has 0 aliphatic rings. The molecule has 0 spiro atoms. The molecule has 0 atom stereocenters. The van der Waals surface area contributed by atoms with Gasteiger partial charge < -0.3 is 9.32 Å². The van der Waals surface area contributed by atoms with Gasteiger partial charge >= 0.3 is 0 Å². The third-order valence-electron chi connectivity index (χ3n) is 10.1. The summed E-state index contributed by atoms with van der Waals surface area (Å²) in [6.45, 7) is 0. The van der Waals surface area contributed by atoms with Gasteiger partial charge in [-0.2, -0.15) is 0 Å². The van der Waals surface area contributed by atoms with E-state index in [9.17, 15) is 0 Å². The van der Waals surface area contributed by atoms with Gasteiger partial charge in [-0.3, -0.25) is 0 Å². The van der Waals surface area contributed by atoms with Crippen LogP contribution in [0, 0.1) is 0 Å². The number of benzene rings is 9. The maximum absolute atomic E-state index is 6.53. The zero-order valence-electron chi connectivity index (χ0n) is 27.3. The molecule has 0 N–H and O–H groups in total. The highest BCUT2D eigenvalue weighted by Gasteiger charge is 2.21. The van der Waals surface area contributed by atoms with Gasteiger partial charge in [-0.05, 0) is 74.8 Å². The van der Waals surface area contributed by atoms with E-state index in [2.05, 4.69) is 187 Å². The molecule has 0 amide bonds. The molecule has 1 heterocycles. The van der Waals surface area contributed by atoms with Crippen molar-refractivity contribution >= 4 is 71.3 Å². The molecule has 0 saturated heterocycles. The summed E-state index contributed by atoms with van der Waals surface area (Å²) in [7, 11) is 0. The summed E-state index contributed by atoms with van der Waals surface area (Å²) in [5, 5.41) is 9.40. The van der Waals surface area contributed by atoms with Gasteiger partial charge in [0.2, 0.25) is 0 Å². The van der Waals surface area contributed by atoms with E-state index in [4.69, 9.17) is 4.42 Å². The summed E-state index contributed by atoms with van der Waals surface area (Å²) < 4.78 is 6.53. The maximum Gasteiger partial charge on any atom is 0.143 e.